The summed E-state index contributed by atoms with van der Waals surface area (Å²) in [6.07, 6.45) is 1.35. The van der Waals surface area contributed by atoms with E-state index < -0.39 is 0 Å². The highest BCUT2D eigenvalue weighted by Crippen LogP contribution is 1.68. The lowest BCUT2D eigenvalue weighted by Crippen LogP contribution is -2.11. The van der Waals surface area contributed by atoms with Crippen LogP contribution in [0.1, 0.15) is 13.8 Å². The summed E-state index contributed by atoms with van der Waals surface area (Å²) >= 11 is 0. The zero-order chi connectivity index (χ0) is 6.95. The van der Waals surface area contributed by atoms with Gasteiger partial charge in [0.25, 0.3) is 0 Å². The quantitative estimate of drug-likeness (QED) is 0.256. The van der Waals surface area contributed by atoms with Gasteiger partial charge in [0.2, 0.25) is 0 Å². The molecule has 0 aromatic heterocycles. The van der Waals surface area contributed by atoms with Crippen molar-refractivity contribution in [3.63, 3.8) is 0 Å². The Morgan fingerprint density at radius 1 is 1.44 bits per heavy atom. The van der Waals surface area contributed by atoms with E-state index in [1.807, 2.05) is 13.8 Å². The molecule has 0 heterocycles. The van der Waals surface area contributed by atoms with Crippen LogP contribution in [0.4, 0.5) is 0 Å². The predicted octanol–water partition coefficient (Wildman–Crippen LogP) is 0.507. The number of oxime groups is 1. The zero-order valence-electron chi connectivity index (χ0n) is 5.76. The van der Waals surface area contributed by atoms with Gasteiger partial charge in [0.15, 0.2) is 6.34 Å². The van der Waals surface area contributed by atoms with E-state index in [0.29, 0.717) is 13.2 Å². The fourth-order valence-corrected chi connectivity index (χ4v) is 0.254. The third-order valence-electron chi connectivity index (χ3n) is 0.537. The van der Waals surface area contributed by atoms with Crippen molar-refractivity contribution in [2.45, 2.75) is 13.8 Å². The number of nitrogens with one attached hydrogen (secondary N) is 1. The lowest BCUT2D eigenvalue weighted by molar-refractivity contribution is 0.0928. The Bertz CT molecular complexity index is 75.4. The van der Waals surface area contributed by atoms with Crippen molar-refractivity contribution >= 4 is 6.34 Å². The van der Waals surface area contributed by atoms with Crippen molar-refractivity contribution in [2.24, 2.45) is 5.16 Å². The monoisotopic (exact) mass is 132 g/mol. The average Bonchev–Trinajstić information content (AvgIpc) is 1.89. The summed E-state index contributed by atoms with van der Waals surface area (Å²) in [7, 11) is 0. The molecule has 54 valence electrons. The van der Waals surface area contributed by atoms with E-state index in [-0.39, 0.29) is 0 Å². The summed E-state index contributed by atoms with van der Waals surface area (Å²) in [6.45, 7) is 4.92. The van der Waals surface area contributed by atoms with Crippen LogP contribution in [0.2, 0.25) is 0 Å². The summed E-state index contributed by atoms with van der Waals surface area (Å²) in [6, 6.07) is 0. The fourth-order valence-electron chi connectivity index (χ4n) is 0.254. The highest BCUT2D eigenvalue weighted by molar-refractivity contribution is 5.51. The van der Waals surface area contributed by atoms with Crippen molar-refractivity contribution in [1.29, 1.82) is 0 Å². The normalized spacial score (nSPS) is 10.0. The molecule has 0 unspecified atom stereocenters. The van der Waals surface area contributed by atoms with Crippen LogP contribution in [0.3, 0.4) is 0 Å². The summed E-state index contributed by atoms with van der Waals surface area (Å²) in [5.41, 5.74) is 2.45. The summed E-state index contributed by atoms with van der Waals surface area (Å²) in [5.74, 6) is 0. The van der Waals surface area contributed by atoms with Crippen LogP contribution < -0.4 is 5.48 Å². The molecule has 4 heteroatoms. The van der Waals surface area contributed by atoms with E-state index in [9.17, 15) is 0 Å². The minimum Gasteiger partial charge on any atom is -0.395 e. The van der Waals surface area contributed by atoms with E-state index in [2.05, 4.69) is 15.5 Å². The van der Waals surface area contributed by atoms with E-state index in [4.69, 9.17) is 4.84 Å². The second kappa shape index (κ2) is 7.23. The molecule has 0 amide bonds. The van der Waals surface area contributed by atoms with Crippen LogP contribution >= 0.6 is 0 Å². The molecular formula is C5H12N2O2. The van der Waals surface area contributed by atoms with E-state index >= 15 is 0 Å². The highest BCUT2D eigenvalue weighted by atomic mass is 16.7. The largest absolute Gasteiger partial charge is 0.395 e. The van der Waals surface area contributed by atoms with Crippen LogP contribution in [0.5, 0.6) is 0 Å². The molecule has 0 fully saturated rings. The second-order valence-corrected chi connectivity index (χ2v) is 1.20. The molecule has 4 nitrogen and oxygen atoms in total. The molecule has 0 aliphatic heterocycles. The first-order chi connectivity index (χ1) is 4.41. The molecule has 1 N–H and O–H groups in total. The van der Waals surface area contributed by atoms with E-state index in [1.54, 1.807) is 0 Å². The third kappa shape index (κ3) is 7.23. The molecule has 0 aromatic rings. The maximum atomic E-state index is 4.70. The molecule has 0 aliphatic carbocycles. The van der Waals surface area contributed by atoms with Crippen LogP contribution in [0.15, 0.2) is 5.16 Å². The first-order valence-corrected chi connectivity index (χ1v) is 2.93. The number of hydrogen-bond acceptors (Lipinski definition) is 3. The molecule has 9 heavy (non-hydrogen) atoms. The Balaban J connectivity index is 2.86. The Morgan fingerprint density at radius 2 is 2.22 bits per heavy atom. The Morgan fingerprint density at radius 3 is 2.78 bits per heavy atom. The number of rotatable bonds is 5. The molecule has 0 bridgehead atoms. The van der Waals surface area contributed by atoms with Gasteiger partial charge in [-0.3, -0.25) is 10.3 Å². The van der Waals surface area contributed by atoms with Gasteiger partial charge >= 0.3 is 0 Å². The van der Waals surface area contributed by atoms with Gasteiger partial charge in [-0.25, -0.2) is 0 Å². The first-order valence-electron chi connectivity index (χ1n) is 2.93. The number of nitrogens with zero attached hydrogens (tertiary/aromatic N) is 1. The van der Waals surface area contributed by atoms with Crippen LogP contribution in [-0.2, 0) is 9.68 Å². The van der Waals surface area contributed by atoms with E-state index in [1.165, 1.54) is 6.34 Å². The lowest BCUT2D eigenvalue weighted by atomic mass is 10.9. The highest BCUT2D eigenvalue weighted by Gasteiger charge is 1.71. The smallest absolute Gasteiger partial charge is 0.152 e. The summed E-state index contributed by atoms with van der Waals surface area (Å²) in [4.78, 5) is 9.31. The molecule has 0 saturated carbocycles. The Hall–Kier alpha value is -0.770. The van der Waals surface area contributed by atoms with Crippen LogP contribution in [0, 0.1) is 0 Å². The average molecular weight is 132 g/mol. The molecule has 0 spiro atoms. The molecule has 0 atom stereocenters. The van der Waals surface area contributed by atoms with Crippen molar-refractivity contribution in [3.05, 3.63) is 0 Å². The first kappa shape index (κ1) is 8.23. The Kier molecular flexibility index (Phi) is 6.61. The van der Waals surface area contributed by atoms with Gasteiger partial charge in [-0.05, 0) is 13.8 Å². The molecular weight excluding hydrogens is 120 g/mol. The van der Waals surface area contributed by atoms with Crippen LogP contribution in [0.25, 0.3) is 0 Å². The van der Waals surface area contributed by atoms with Gasteiger partial charge in [0.1, 0.15) is 6.61 Å². The van der Waals surface area contributed by atoms with Gasteiger partial charge in [0, 0.05) is 0 Å². The summed E-state index contributed by atoms with van der Waals surface area (Å²) < 4.78 is 0. The van der Waals surface area contributed by atoms with Gasteiger partial charge in [-0.1, -0.05) is 5.16 Å². The van der Waals surface area contributed by atoms with E-state index in [0.717, 1.165) is 0 Å². The summed E-state index contributed by atoms with van der Waals surface area (Å²) in [5, 5.41) is 3.47. The zero-order valence-corrected chi connectivity index (χ0v) is 5.76. The second-order valence-electron chi connectivity index (χ2n) is 1.20. The van der Waals surface area contributed by atoms with Gasteiger partial charge < -0.3 is 4.84 Å². The Labute approximate surface area is 54.8 Å². The maximum Gasteiger partial charge on any atom is 0.152 e. The number of hydrogen-bond donors (Lipinski definition) is 1. The fraction of sp³-hybridized carbons (Fsp3) is 0.800. The van der Waals surface area contributed by atoms with Crippen molar-refractivity contribution in [3.8, 4) is 0 Å². The molecule has 0 aliphatic rings. The van der Waals surface area contributed by atoms with Gasteiger partial charge in [-0.2, -0.15) is 0 Å². The molecule has 0 saturated heterocycles. The number of hydroxylamine groups is 1. The van der Waals surface area contributed by atoms with Gasteiger partial charge in [0.05, 0.1) is 6.61 Å². The lowest BCUT2D eigenvalue weighted by Gasteiger charge is -1.95. The van der Waals surface area contributed by atoms with Crippen LogP contribution in [-0.4, -0.2) is 19.6 Å². The standard InChI is InChI=1S/C5H12N2O2/c1-3-8-6-5-7-9-4-2/h5H,3-4H2,1-2H3,(H,6,7). The molecule has 0 aromatic carbocycles. The minimum atomic E-state index is 0.574. The van der Waals surface area contributed by atoms with Crippen molar-refractivity contribution in [1.82, 2.24) is 5.48 Å². The minimum absolute atomic E-state index is 0.574. The molecule has 0 rings (SSSR count). The SMILES string of the molecule is CCON=CNOCC. The predicted molar refractivity (Wildman–Crippen MR) is 34.9 cm³/mol. The van der Waals surface area contributed by atoms with Gasteiger partial charge in [-0.15, -0.1) is 0 Å². The van der Waals surface area contributed by atoms with Crippen molar-refractivity contribution in [2.75, 3.05) is 13.2 Å². The maximum absolute atomic E-state index is 4.70. The third-order valence-corrected chi connectivity index (χ3v) is 0.537. The molecule has 0 radical (unpaired) electrons. The topological polar surface area (TPSA) is 42.8 Å². The van der Waals surface area contributed by atoms with Crippen molar-refractivity contribution < 1.29 is 9.68 Å².